The van der Waals surface area contributed by atoms with Crippen LogP contribution in [0.3, 0.4) is 0 Å². The van der Waals surface area contributed by atoms with Crippen molar-refractivity contribution in [2.24, 2.45) is 0 Å². The van der Waals surface area contributed by atoms with Crippen molar-refractivity contribution in [3.63, 3.8) is 0 Å². The van der Waals surface area contributed by atoms with Crippen LogP contribution in [0.15, 0.2) is 64.4 Å². The van der Waals surface area contributed by atoms with Gasteiger partial charge in [-0.3, -0.25) is 0 Å². The van der Waals surface area contributed by atoms with Crippen LogP contribution in [-0.4, -0.2) is 18.1 Å². The minimum Gasteiger partial charge on any atom is -0.465 e. The van der Waals surface area contributed by atoms with Crippen LogP contribution >= 0.6 is 11.8 Å². The van der Waals surface area contributed by atoms with E-state index in [1.165, 1.54) is 23.0 Å². The van der Waals surface area contributed by atoms with Gasteiger partial charge in [-0.2, -0.15) is 0 Å². The van der Waals surface area contributed by atoms with Crippen LogP contribution in [0.5, 0.6) is 0 Å². The molecule has 0 amide bonds. The molecule has 1 aliphatic heterocycles. The molecule has 0 aliphatic carbocycles. The summed E-state index contributed by atoms with van der Waals surface area (Å²) in [5.41, 5.74) is 6.08. The van der Waals surface area contributed by atoms with Crippen LogP contribution in [0, 0.1) is 6.92 Å². The molecule has 1 aliphatic rings. The molecule has 126 valence electrons. The van der Waals surface area contributed by atoms with Gasteiger partial charge in [0.25, 0.3) is 0 Å². The average Bonchev–Trinajstić information content (AvgIpc) is 2.66. The largest absolute Gasteiger partial charge is 0.465 e. The highest BCUT2D eigenvalue weighted by Crippen LogP contribution is 2.50. The van der Waals surface area contributed by atoms with E-state index in [2.05, 4.69) is 37.3 Å². The molecule has 4 heteroatoms. The third-order valence-corrected chi connectivity index (χ3v) is 6.00. The van der Waals surface area contributed by atoms with E-state index in [0.717, 1.165) is 32.4 Å². The number of rotatable bonds is 1. The number of nitrogens with zero attached hydrogens (tertiary/aromatic N) is 1. The molecule has 0 radical (unpaired) electrons. The fourth-order valence-electron chi connectivity index (χ4n) is 3.58. The van der Waals surface area contributed by atoms with Gasteiger partial charge >= 0.3 is 5.97 Å². The van der Waals surface area contributed by atoms with Crippen LogP contribution < -0.4 is 0 Å². The number of fused-ring (bicyclic) bond motifs is 4. The molecular weight excluding hydrogens is 342 g/mol. The van der Waals surface area contributed by atoms with E-state index in [0.29, 0.717) is 5.56 Å². The lowest BCUT2D eigenvalue weighted by Crippen LogP contribution is -2.03. The molecule has 3 aromatic carbocycles. The zero-order chi connectivity index (χ0) is 17.8. The van der Waals surface area contributed by atoms with Crippen LogP contribution in [0.1, 0.15) is 15.9 Å². The van der Waals surface area contributed by atoms with Gasteiger partial charge < -0.3 is 4.74 Å². The summed E-state index contributed by atoms with van der Waals surface area (Å²) in [6.07, 6.45) is 0. The summed E-state index contributed by atoms with van der Waals surface area (Å²) in [7, 11) is 1.41. The molecule has 0 unspecified atom stereocenters. The summed E-state index contributed by atoms with van der Waals surface area (Å²) in [4.78, 5) is 19.1. The van der Waals surface area contributed by atoms with Crippen molar-refractivity contribution in [1.82, 2.24) is 4.98 Å². The number of hydrogen-bond acceptors (Lipinski definition) is 4. The van der Waals surface area contributed by atoms with E-state index in [9.17, 15) is 4.79 Å². The molecule has 4 aromatic rings. The van der Waals surface area contributed by atoms with Gasteiger partial charge in [-0.15, -0.1) is 0 Å². The summed E-state index contributed by atoms with van der Waals surface area (Å²) in [5, 5.41) is 2.34. The van der Waals surface area contributed by atoms with E-state index in [4.69, 9.17) is 9.72 Å². The Morgan fingerprint density at radius 2 is 1.88 bits per heavy atom. The third-order valence-electron chi connectivity index (χ3n) is 4.81. The molecule has 5 rings (SSSR count). The molecule has 26 heavy (non-hydrogen) atoms. The predicted molar refractivity (Wildman–Crippen MR) is 105 cm³/mol. The number of ether oxygens (including phenoxy) is 1. The number of methoxy groups -OCH3 is 1. The SMILES string of the molecule is COC(=O)c1ccc2c(c1)Sc1c3ccc(C)cc3nc3cccc-2c13. The quantitative estimate of drug-likeness (QED) is 0.288. The van der Waals surface area contributed by atoms with Crippen molar-refractivity contribution < 1.29 is 9.53 Å². The second-order valence-electron chi connectivity index (χ2n) is 6.47. The fourth-order valence-corrected chi connectivity index (χ4v) is 4.87. The van der Waals surface area contributed by atoms with E-state index in [-0.39, 0.29) is 5.97 Å². The maximum absolute atomic E-state index is 11.9. The number of pyridine rings is 1. The monoisotopic (exact) mass is 357 g/mol. The second kappa shape index (κ2) is 5.58. The molecule has 0 saturated heterocycles. The molecular formula is C22H15NO2S. The van der Waals surface area contributed by atoms with E-state index < -0.39 is 0 Å². The fraction of sp³-hybridized carbons (Fsp3) is 0.0909. The van der Waals surface area contributed by atoms with Gasteiger partial charge in [0.05, 0.1) is 23.7 Å². The van der Waals surface area contributed by atoms with Crippen molar-refractivity contribution in [2.75, 3.05) is 7.11 Å². The molecule has 0 atom stereocenters. The number of benzene rings is 3. The van der Waals surface area contributed by atoms with E-state index in [1.54, 1.807) is 11.8 Å². The molecule has 0 bridgehead atoms. The number of carbonyl (C=O) groups is 1. The number of esters is 1. The average molecular weight is 357 g/mol. The van der Waals surface area contributed by atoms with Gasteiger partial charge in [-0.1, -0.05) is 42.1 Å². The Labute approximate surface area is 155 Å². The maximum Gasteiger partial charge on any atom is 0.337 e. The maximum atomic E-state index is 11.9. The Morgan fingerprint density at radius 3 is 2.73 bits per heavy atom. The van der Waals surface area contributed by atoms with Crippen molar-refractivity contribution >= 4 is 39.5 Å². The van der Waals surface area contributed by atoms with Crippen molar-refractivity contribution in [1.29, 1.82) is 0 Å². The Morgan fingerprint density at radius 1 is 1.00 bits per heavy atom. The minimum atomic E-state index is -0.312. The van der Waals surface area contributed by atoms with Gasteiger partial charge in [-0.25, -0.2) is 9.78 Å². The summed E-state index contributed by atoms with van der Waals surface area (Å²) >= 11 is 1.70. The van der Waals surface area contributed by atoms with E-state index >= 15 is 0 Å². The zero-order valence-electron chi connectivity index (χ0n) is 14.4. The molecule has 2 heterocycles. The lowest BCUT2D eigenvalue weighted by atomic mass is 9.97. The number of hydrogen-bond donors (Lipinski definition) is 0. The standard InChI is InChI=1S/C22H15NO2S/c1-12-6-8-16-18(10-12)23-17-5-3-4-15-14-9-7-13(22(24)25-2)11-19(14)26-21(16)20(15)17/h3-11H,1-2H3. The first kappa shape index (κ1) is 15.4. The van der Waals surface area contributed by atoms with Gasteiger partial charge in [-0.05, 0) is 47.9 Å². The van der Waals surface area contributed by atoms with Crippen molar-refractivity contribution in [3.05, 3.63) is 65.7 Å². The molecule has 0 fully saturated rings. The first-order valence-corrected chi connectivity index (χ1v) is 9.21. The molecule has 0 N–H and O–H groups in total. The van der Waals surface area contributed by atoms with Gasteiger partial charge in [0.2, 0.25) is 0 Å². The molecule has 3 nitrogen and oxygen atoms in total. The minimum absolute atomic E-state index is 0.312. The molecule has 0 saturated carbocycles. The van der Waals surface area contributed by atoms with Crippen LogP contribution in [0.25, 0.3) is 32.9 Å². The highest BCUT2D eigenvalue weighted by molar-refractivity contribution is 8.00. The number of aromatic nitrogens is 1. The summed E-state index contributed by atoms with van der Waals surface area (Å²) < 4.78 is 4.88. The van der Waals surface area contributed by atoms with Crippen LogP contribution in [0.4, 0.5) is 0 Å². The Hall–Kier alpha value is -2.85. The summed E-state index contributed by atoms with van der Waals surface area (Å²) in [6.45, 7) is 2.08. The third kappa shape index (κ3) is 2.15. The first-order valence-electron chi connectivity index (χ1n) is 8.39. The van der Waals surface area contributed by atoms with Gasteiger partial charge in [0, 0.05) is 20.6 Å². The smallest absolute Gasteiger partial charge is 0.337 e. The summed E-state index contributed by atoms with van der Waals surface area (Å²) in [5.74, 6) is -0.312. The zero-order valence-corrected chi connectivity index (χ0v) is 15.2. The van der Waals surface area contributed by atoms with E-state index in [1.807, 2.05) is 24.3 Å². The highest BCUT2D eigenvalue weighted by atomic mass is 32.2. The molecule has 1 aromatic heterocycles. The van der Waals surface area contributed by atoms with Crippen molar-refractivity contribution in [2.45, 2.75) is 16.7 Å². The Balaban J connectivity index is 1.86. The number of aryl methyl sites for hydroxylation is 1. The Kier molecular flexibility index (Phi) is 3.31. The normalized spacial score (nSPS) is 12.2. The number of carbonyl (C=O) groups excluding carboxylic acids is 1. The first-order chi connectivity index (χ1) is 12.7. The van der Waals surface area contributed by atoms with Crippen LogP contribution in [0.2, 0.25) is 0 Å². The van der Waals surface area contributed by atoms with Crippen LogP contribution in [-0.2, 0) is 4.74 Å². The lowest BCUT2D eigenvalue weighted by Gasteiger charge is -2.22. The highest BCUT2D eigenvalue weighted by Gasteiger charge is 2.23. The predicted octanol–water partition coefficient (Wildman–Crippen LogP) is 5.61. The Bertz CT molecular complexity index is 1230. The van der Waals surface area contributed by atoms with Crippen molar-refractivity contribution in [3.8, 4) is 11.1 Å². The van der Waals surface area contributed by atoms with Gasteiger partial charge in [0.15, 0.2) is 0 Å². The summed E-state index contributed by atoms with van der Waals surface area (Å²) in [6, 6.07) is 18.4. The topological polar surface area (TPSA) is 39.2 Å². The lowest BCUT2D eigenvalue weighted by molar-refractivity contribution is 0.0600. The second-order valence-corrected chi connectivity index (χ2v) is 7.52. The molecule has 0 spiro atoms. The van der Waals surface area contributed by atoms with Gasteiger partial charge in [0.1, 0.15) is 0 Å².